The SMILES string of the molecule is Nc1ccc(C2NC(=O)CC2=O)cc1. The summed E-state index contributed by atoms with van der Waals surface area (Å²) >= 11 is 0. The van der Waals surface area contributed by atoms with Gasteiger partial charge < -0.3 is 11.1 Å². The summed E-state index contributed by atoms with van der Waals surface area (Å²) in [5.41, 5.74) is 6.95. The third-order valence-corrected chi connectivity index (χ3v) is 2.23. The Kier molecular flexibility index (Phi) is 1.96. The molecule has 0 spiro atoms. The van der Waals surface area contributed by atoms with Gasteiger partial charge in [-0.1, -0.05) is 12.1 Å². The van der Waals surface area contributed by atoms with Crippen LogP contribution in [0, 0.1) is 0 Å². The minimum Gasteiger partial charge on any atom is -0.399 e. The molecule has 3 N–H and O–H groups in total. The molecule has 0 radical (unpaired) electrons. The highest BCUT2D eigenvalue weighted by molar-refractivity contribution is 6.07. The van der Waals surface area contributed by atoms with E-state index in [9.17, 15) is 9.59 Å². The Morgan fingerprint density at radius 3 is 2.36 bits per heavy atom. The van der Waals surface area contributed by atoms with E-state index in [1.807, 2.05) is 0 Å². The molecule has 0 aliphatic carbocycles. The molecule has 2 rings (SSSR count). The van der Waals surface area contributed by atoms with Gasteiger partial charge in [-0.15, -0.1) is 0 Å². The van der Waals surface area contributed by atoms with E-state index in [0.29, 0.717) is 5.69 Å². The summed E-state index contributed by atoms with van der Waals surface area (Å²) in [5.74, 6) is -0.295. The molecule has 1 atom stereocenters. The number of ketones is 1. The lowest BCUT2D eigenvalue weighted by molar-refractivity contribution is -0.122. The highest BCUT2D eigenvalue weighted by Crippen LogP contribution is 2.21. The summed E-state index contributed by atoms with van der Waals surface area (Å²) in [5, 5.41) is 2.61. The largest absolute Gasteiger partial charge is 0.399 e. The first kappa shape index (κ1) is 8.74. The van der Waals surface area contributed by atoms with Gasteiger partial charge in [-0.25, -0.2) is 0 Å². The lowest BCUT2D eigenvalue weighted by Crippen LogP contribution is -2.20. The zero-order valence-corrected chi connectivity index (χ0v) is 7.49. The predicted octanol–water partition coefficient (Wildman–Crippen LogP) is 0.399. The molecule has 1 amide bonds. The van der Waals surface area contributed by atoms with Crippen molar-refractivity contribution in [3.8, 4) is 0 Å². The number of nitrogen functional groups attached to an aromatic ring is 1. The molecule has 1 heterocycles. The first-order valence-electron chi connectivity index (χ1n) is 4.34. The number of carbonyl (C=O) groups is 2. The van der Waals surface area contributed by atoms with Crippen LogP contribution in [0.3, 0.4) is 0 Å². The molecule has 1 aromatic rings. The van der Waals surface area contributed by atoms with E-state index < -0.39 is 6.04 Å². The Labute approximate surface area is 81.1 Å². The van der Waals surface area contributed by atoms with Crippen molar-refractivity contribution < 1.29 is 9.59 Å². The standard InChI is InChI=1S/C10H10N2O2/c11-7-3-1-6(2-4-7)10-8(13)5-9(14)12-10/h1-4,10H,5,11H2,(H,12,14). The number of nitrogens with one attached hydrogen (secondary N) is 1. The number of hydrogen-bond acceptors (Lipinski definition) is 3. The summed E-state index contributed by atoms with van der Waals surface area (Å²) in [4.78, 5) is 22.3. The minimum absolute atomic E-state index is 0.0188. The zero-order chi connectivity index (χ0) is 10.1. The van der Waals surface area contributed by atoms with Crippen LogP contribution in [0.5, 0.6) is 0 Å². The smallest absolute Gasteiger partial charge is 0.228 e. The van der Waals surface area contributed by atoms with Crippen molar-refractivity contribution in [1.29, 1.82) is 0 Å². The fourth-order valence-electron chi connectivity index (χ4n) is 1.51. The van der Waals surface area contributed by atoms with Gasteiger partial charge in [0.25, 0.3) is 0 Å². The van der Waals surface area contributed by atoms with Crippen LogP contribution in [0.4, 0.5) is 5.69 Å². The van der Waals surface area contributed by atoms with Crippen LogP contribution in [0.1, 0.15) is 18.0 Å². The third kappa shape index (κ3) is 1.46. The number of Topliss-reactive ketones (excluding diaryl/α,β-unsaturated/α-hetero) is 1. The van der Waals surface area contributed by atoms with Crippen LogP contribution in [0.25, 0.3) is 0 Å². The molecule has 1 saturated heterocycles. The second-order valence-corrected chi connectivity index (χ2v) is 3.31. The molecule has 1 fully saturated rings. The van der Waals surface area contributed by atoms with Gasteiger partial charge in [0, 0.05) is 5.69 Å². The van der Waals surface area contributed by atoms with Gasteiger partial charge >= 0.3 is 0 Å². The number of amides is 1. The summed E-state index contributed by atoms with van der Waals surface area (Å²) in [6.45, 7) is 0. The normalized spacial score (nSPS) is 21.0. The molecule has 1 aromatic carbocycles. The van der Waals surface area contributed by atoms with E-state index in [1.165, 1.54) is 0 Å². The van der Waals surface area contributed by atoms with E-state index in [-0.39, 0.29) is 18.1 Å². The van der Waals surface area contributed by atoms with Gasteiger partial charge in [-0.2, -0.15) is 0 Å². The Morgan fingerprint density at radius 1 is 1.21 bits per heavy atom. The van der Waals surface area contributed by atoms with Crippen LogP contribution in [0.2, 0.25) is 0 Å². The molecular formula is C10H10N2O2. The fraction of sp³-hybridized carbons (Fsp3) is 0.200. The number of hydrogen-bond donors (Lipinski definition) is 2. The van der Waals surface area contributed by atoms with Crippen LogP contribution in [-0.2, 0) is 9.59 Å². The predicted molar refractivity (Wildman–Crippen MR) is 51.4 cm³/mol. The van der Waals surface area contributed by atoms with Gasteiger partial charge in [0.05, 0.1) is 6.42 Å². The molecule has 1 aliphatic rings. The molecule has 14 heavy (non-hydrogen) atoms. The van der Waals surface area contributed by atoms with Gasteiger partial charge in [0.1, 0.15) is 6.04 Å². The molecular weight excluding hydrogens is 180 g/mol. The lowest BCUT2D eigenvalue weighted by Gasteiger charge is -2.08. The maximum Gasteiger partial charge on any atom is 0.228 e. The number of rotatable bonds is 1. The van der Waals surface area contributed by atoms with Crippen LogP contribution < -0.4 is 11.1 Å². The summed E-state index contributed by atoms with van der Waals surface area (Å²) in [7, 11) is 0. The van der Waals surface area contributed by atoms with Crippen molar-refractivity contribution in [3.63, 3.8) is 0 Å². The first-order valence-corrected chi connectivity index (χ1v) is 4.34. The van der Waals surface area contributed by atoms with Crippen LogP contribution >= 0.6 is 0 Å². The van der Waals surface area contributed by atoms with Crippen molar-refractivity contribution >= 4 is 17.4 Å². The molecule has 1 unspecified atom stereocenters. The molecule has 72 valence electrons. The van der Waals surface area contributed by atoms with Crippen molar-refractivity contribution in [2.75, 3.05) is 5.73 Å². The van der Waals surface area contributed by atoms with Gasteiger partial charge in [0.15, 0.2) is 5.78 Å². The maximum absolute atomic E-state index is 11.4. The van der Waals surface area contributed by atoms with Crippen LogP contribution in [0.15, 0.2) is 24.3 Å². The average molecular weight is 190 g/mol. The maximum atomic E-state index is 11.4. The Balaban J connectivity index is 2.27. The quantitative estimate of drug-likeness (QED) is 0.497. The van der Waals surface area contributed by atoms with Gasteiger partial charge in [-0.05, 0) is 17.7 Å². The summed E-state index contributed by atoms with van der Waals surface area (Å²) < 4.78 is 0. The van der Waals surface area contributed by atoms with Crippen molar-refractivity contribution in [1.82, 2.24) is 5.32 Å². The van der Waals surface area contributed by atoms with Crippen molar-refractivity contribution in [2.24, 2.45) is 0 Å². The monoisotopic (exact) mass is 190 g/mol. The van der Waals surface area contributed by atoms with E-state index >= 15 is 0 Å². The number of benzene rings is 1. The van der Waals surface area contributed by atoms with Gasteiger partial charge in [-0.3, -0.25) is 9.59 Å². The highest BCUT2D eigenvalue weighted by Gasteiger charge is 2.30. The molecule has 0 bridgehead atoms. The molecule has 4 heteroatoms. The third-order valence-electron chi connectivity index (χ3n) is 2.23. The number of anilines is 1. The van der Waals surface area contributed by atoms with Crippen molar-refractivity contribution in [2.45, 2.75) is 12.5 Å². The molecule has 0 saturated carbocycles. The second-order valence-electron chi connectivity index (χ2n) is 3.31. The van der Waals surface area contributed by atoms with Crippen LogP contribution in [-0.4, -0.2) is 11.7 Å². The summed E-state index contributed by atoms with van der Waals surface area (Å²) in [6.07, 6.45) is -0.0188. The molecule has 4 nitrogen and oxygen atoms in total. The Bertz CT molecular complexity index is 384. The number of nitrogens with two attached hydrogens (primary N) is 1. The van der Waals surface area contributed by atoms with E-state index in [0.717, 1.165) is 5.56 Å². The topological polar surface area (TPSA) is 72.2 Å². The van der Waals surface area contributed by atoms with E-state index in [4.69, 9.17) is 5.73 Å². The van der Waals surface area contributed by atoms with Gasteiger partial charge in [0.2, 0.25) is 5.91 Å². The second kappa shape index (κ2) is 3.14. The fourth-order valence-corrected chi connectivity index (χ4v) is 1.51. The Morgan fingerprint density at radius 2 is 1.86 bits per heavy atom. The lowest BCUT2D eigenvalue weighted by atomic mass is 10.0. The van der Waals surface area contributed by atoms with E-state index in [2.05, 4.69) is 5.32 Å². The first-order chi connectivity index (χ1) is 6.66. The van der Waals surface area contributed by atoms with E-state index in [1.54, 1.807) is 24.3 Å². The average Bonchev–Trinajstić information content (AvgIpc) is 2.47. The number of carbonyl (C=O) groups excluding carboxylic acids is 2. The van der Waals surface area contributed by atoms with Crippen molar-refractivity contribution in [3.05, 3.63) is 29.8 Å². The molecule has 0 aromatic heterocycles. The molecule has 1 aliphatic heterocycles. The Hall–Kier alpha value is -1.84. The summed E-state index contributed by atoms with van der Waals surface area (Å²) in [6, 6.07) is 6.45. The zero-order valence-electron chi connectivity index (χ0n) is 7.49. The highest BCUT2D eigenvalue weighted by atomic mass is 16.2. The minimum atomic E-state index is -0.483.